The molecule has 0 saturated heterocycles. The standard InChI is InChI=1S/C20H18N2O5S/c1-4-26-19(23)18-16(12-7-5-6-8-13(12)27-18)21-20-22-17-14(25-3)9-11(24-2)10-15(17)28-20/h5-10H,4H2,1-3H3,(H,21,22). The molecule has 0 aliphatic rings. The fraction of sp³-hybridized carbons (Fsp3) is 0.200. The van der Waals surface area contributed by atoms with Crippen molar-refractivity contribution >= 4 is 49.3 Å². The zero-order valence-corrected chi connectivity index (χ0v) is 16.4. The minimum Gasteiger partial charge on any atom is -0.497 e. The molecular weight excluding hydrogens is 380 g/mol. The maximum atomic E-state index is 12.4. The van der Waals surface area contributed by atoms with Gasteiger partial charge in [-0.2, -0.15) is 0 Å². The van der Waals surface area contributed by atoms with Crippen molar-refractivity contribution in [3.05, 3.63) is 42.2 Å². The van der Waals surface area contributed by atoms with E-state index >= 15 is 0 Å². The van der Waals surface area contributed by atoms with Crippen molar-refractivity contribution in [2.24, 2.45) is 0 Å². The summed E-state index contributed by atoms with van der Waals surface area (Å²) < 4.78 is 22.5. The van der Waals surface area contributed by atoms with E-state index in [0.29, 0.717) is 33.4 Å². The molecule has 144 valence electrons. The molecule has 0 amide bonds. The Morgan fingerprint density at radius 1 is 1.21 bits per heavy atom. The summed E-state index contributed by atoms with van der Waals surface area (Å²) in [6, 6.07) is 11.1. The third kappa shape index (κ3) is 3.11. The van der Waals surface area contributed by atoms with Crippen LogP contribution < -0.4 is 14.8 Å². The molecule has 28 heavy (non-hydrogen) atoms. The van der Waals surface area contributed by atoms with Gasteiger partial charge in [-0.1, -0.05) is 23.5 Å². The molecule has 0 fully saturated rings. The van der Waals surface area contributed by atoms with E-state index in [1.165, 1.54) is 11.3 Å². The number of hydrogen-bond acceptors (Lipinski definition) is 8. The van der Waals surface area contributed by atoms with E-state index < -0.39 is 5.97 Å². The number of carbonyl (C=O) groups is 1. The summed E-state index contributed by atoms with van der Waals surface area (Å²) in [4.78, 5) is 17.0. The van der Waals surface area contributed by atoms with Crippen LogP contribution >= 0.6 is 11.3 Å². The summed E-state index contributed by atoms with van der Waals surface area (Å²) in [6.07, 6.45) is 0. The number of nitrogens with one attached hydrogen (secondary N) is 1. The third-order valence-electron chi connectivity index (χ3n) is 4.18. The van der Waals surface area contributed by atoms with E-state index in [9.17, 15) is 4.79 Å². The maximum absolute atomic E-state index is 12.4. The number of hydrogen-bond donors (Lipinski definition) is 1. The highest BCUT2D eigenvalue weighted by atomic mass is 32.1. The second kappa shape index (κ2) is 7.40. The molecule has 0 aliphatic carbocycles. The molecule has 4 rings (SSSR count). The summed E-state index contributed by atoms with van der Waals surface area (Å²) in [6.45, 7) is 2.01. The van der Waals surface area contributed by atoms with Gasteiger partial charge in [-0.05, 0) is 25.1 Å². The predicted molar refractivity (Wildman–Crippen MR) is 108 cm³/mol. The van der Waals surface area contributed by atoms with E-state index in [1.807, 2.05) is 24.3 Å². The number of carbonyl (C=O) groups excluding carboxylic acids is 1. The first-order valence-electron chi connectivity index (χ1n) is 8.62. The molecule has 2 heterocycles. The summed E-state index contributed by atoms with van der Waals surface area (Å²) in [5.74, 6) is 0.884. The van der Waals surface area contributed by atoms with E-state index in [0.717, 1.165) is 10.1 Å². The highest BCUT2D eigenvalue weighted by Crippen LogP contribution is 2.39. The molecule has 0 bridgehead atoms. The van der Waals surface area contributed by atoms with Crippen LogP contribution in [0.15, 0.2) is 40.8 Å². The number of methoxy groups -OCH3 is 2. The van der Waals surface area contributed by atoms with Gasteiger partial charge in [0, 0.05) is 11.5 Å². The van der Waals surface area contributed by atoms with Crippen LogP contribution in [0.4, 0.5) is 10.8 Å². The monoisotopic (exact) mass is 398 g/mol. The Balaban J connectivity index is 1.81. The number of anilines is 2. The van der Waals surface area contributed by atoms with Crippen molar-refractivity contribution in [1.82, 2.24) is 4.98 Å². The van der Waals surface area contributed by atoms with Crippen molar-refractivity contribution in [3.63, 3.8) is 0 Å². The Bertz CT molecular complexity index is 1160. The van der Waals surface area contributed by atoms with E-state index in [-0.39, 0.29) is 12.4 Å². The zero-order valence-electron chi connectivity index (χ0n) is 15.6. The Kier molecular flexibility index (Phi) is 4.79. The van der Waals surface area contributed by atoms with Gasteiger partial charge < -0.3 is 23.9 Å². The SMILES string of the molecule is CCOC(=O)c1oc2ccccc2c1Nc1nc2c(OC)cc(OC)cc2s1. The smallest absolute Gasteiger partial charge is 0.376 e. The Hall–Kier alpha value is -3.26. The van der Waals surface area contributed by atoms with Gasteiger partial charge in [0.25, 0.3) is 0 Å². The molecule has 2 aromatic heterocycles. The number of para-hydroxylation sites is 1. The minimum absolute atomic E-state index is 0.117. The Morgan fingerprint density at radius 3 is 2.79 bits per heavy atom. The van der Waals surface area contributed by atoms with Gasteiger partial charge in [0.15, 0.2) is 5.13 Å². The number of esters is 1. The number of ether oxygens (including phenoxy) is 3. The van der Waals surface area contributed by atoms with Crippen LogP contribution in [0.25, 0.3) is 21.2 Å². The molecule has 0 spiro atoms. The number of benzene rings is 2. The van der Waals surface area contributed by atoms with E-state index in [4.69, 9.17) is 18.6 Å². The van der Waals surface area contributed by atoms with Crippen molar-refractivity contribution in [2.75, 3.05) is 26.1 Å². The fourth-order valence-corrected chi connectivity index (χ4v) is 3.83. The van der Waals surface area contributed by atoms with Crippen LogP contribution in [-0.2, 0) is 4.74 Å². The van der Waals surface area contributed by atoms with Gasteiger partial charge in [0.05, 0.1) is 25.5 Å². The van der Waals surface area contributed by atoms with Gasteiger partial charge in [-0.3, -0.25) is 0 Å². The maximum Gasteiger partial charge on any atom is 0.376 e. The first kappa shape index (κ1) is 18.1. The number of nitrogens with zero attached hydrogens (tertiary/aromatic N) is 1. The van der Waals surface area contributed by atoms with Gasteiger partial charge >= 0.3 is 5.97 Å². The molecule has 0 atom stereocenters. The quantitative estimate of drug-likeness (QED) is 0.459. The molecule has 7 nitrogen and oxygen atoms in total. The summed E-state index contributed by atoms with van der Waals surface area (Å²) in [5, 5.41) is 4.60. The molecule has 1 N–H and O–H groups in total. The van der Waals surface area contributed by atoms with Crippen molar-refractivity contribution < 1.29 is 23.4 Å². The number of thiazole rings is 1. The van der Waals surface area contributed by atoms with E-state index in [2.05, 4.69) is 10.3 Å². The Morgan fingerprint density at radius 2 is 2.04 bits per heavy atom. The molecule has 8 heteroatoms. The summed E-state index contributed by atoms with van der Waals surface area (Å²) in [5.41, 5.74) is 1.83. The largest absolute Gasteiger partial charge is 0.497 e. The normalized spacial score (nSPS) is 11.0. The first-order valence-corrected chi connectivity index (χ1v) is 9.44. The minimum atomic E-state index is -0.526. The molecule has 0 unspecified atom stereocenters. The lowest BCUT2D eigenvalue weighted by molar-refractivity contribution is 0.0494. The molecule has 0 radical (unpaired) electrons. The van der Waals surface area contributed by atoms with Gasteiger partial charge in [0.1, 0.15) is 28.3 Å². The molecule has 4 aromatic rings. The average Bonchev–Trinajstić information content (AvgIpc) is 3.29. The van der Waals surface area contributed by atoms with Crippen molar-refractivity contribution in [1.29, 1.82) is 0 Å². The van der Waals surface area contributed by atoms with Gasteiger partial charge in [-0.15, -0.1) is 0 Å². The van der Waals surface area contributed by atoms with Crippen LogP contribution in [0.1, 0.15) is 17.5 Å². The predicted octanol–water partition coefficient (Wildman–Crippen LogP) is 4.98. The molecule has 0 saturated carbocycles. The number of fused-ring (bicyclic) bond motifs is 2. The van der Waals surface area contributed by atoms with Crippen molar-refractivity contribution in [2.45, 2.75) is 6.92 Å². The second-order valence-corrected chi connectivity index (χ2v) is 6.87. The highest BCUT2D eigenvalue weighted by Gasteiger charge is 2.23. The third-order valence-corrected chi connectivity index (χ3v) is 5.10. The van der Waals surface area contributed by atoms with E-state index in [1.54, 1.807) is 33.3 Å². The Labute approximate surface area is 164 Å². The average molecular weight is 398 g/mol. The lowest BCUT2D eigenvalue weighted by Gasteiger charge is -2.04. The van der Waals surface area contributed by atoms with Crippen LogP contribution in [0, 0.1) is 0 Å². The second-order valence-electron chi connectivity index (χ2n) is 5.84. The number of aromatic nitrogens is 1. The van der Waals surface area contributed by atoms with Gasteiger partial charge in [0.2, 0.25) is 5.76 Å². The lowest BCUT2D eigenvalue weighted by atomic mass is 10.2. The summed E-state index contributed by atoms with van der Waals surface area (Å²) in [7, 11) is 3.19. The fourth-order valence-electron chi connectivity index (χ4n) is 2.92. The van der Waals surface area contributed by atoms with Crippen LogP contribution in [0.2, 0.25) is 0 Å². The molecule has 2 aromatic carbocycles. The van der Waals surface area contributed by atoms with Crippen molar-refractivity contribution in [3.8, 4) is 11.5 Å². The number of furan rings is 1. The van der Waals surface area contributed by atoms with Crippen LogP contribution in [-0.4, -0.2) is 31.8 Å². The topological polar surface area (TPSA) is 82.8 Å². The first-order chi connectivity index (χ1) is 13.6. The summed E-state index contributed by atoms with van der Waals surface area (Å²) >= 11 is 1.42. The van der Waals surface area contributed by atoms with Crippen LogP contribution in [0.3, 0.4) is 0 Å². The molecule has 0 aliphatic heterocycles. The molecular formula is C20H18N2O5S. The van der Waals surface area contributed by atoms with Gasteiger partial charge in [-0.25, -0.2) is 9.78 Å². The number of rotatable bonds is 6. The zero-order chi connectivity index (χ0) is 19.7. The highest BCUT2D eigenvalue weighted by molar-refractivity contribution is 7.22. The van der Waals surface area contributed by atoms with Crippen LogP contribution in [0.5, 0.6) is 11.5 Å². The lowest BCUT2D eigenvalue weighted by Crippen LogP contribution is -2.06.